The van der Waals surface area contributed by atoms with E-state index in [1.165, 1.54) is 7.11 Å². The molecular formula is C14H14F3NO3. The highest BCUT2D eigenvalue weighted by atomic mass is 19.4. The smallest absolute Gasteiger partial charge is 0.406 e. The molecule has 0 saturated carbocycles. The van der Waals surface area contributed by atoms with E-state index in [2.05, 4.69) is 0 Å². The quantitative estimate of drug-likeness (QED) is 0.873. The van der Waals surface area contributed by atoms with Crippen LogP contribution in [0.4, 0.5) is 13.2 Å². The molecule has 0 fully saturated rings. The molecule has 1 aromatic heterocycles. The number of rotatable bonds is 3. The summed E-state index contributed by atoms with van der Waals surface area (Å²) in [6, 6.07) is 5.09. The van der Waals surface area contributed by atoms with Crippen LogP contribution in [0.15, 0.2) is 22.6 Å². The summed E-state index contributed by atoms with van der Waals surface area (Å²) in [5.74, 6) is -0.502. The number of ether oxygens (including phenoxy) is 1. The van der Waals surface area contributed by atoms with Crippen molar-refractivity contribution in [2.45, 2.75) is 13.1 Å². The van der Waals surface area contributed by atoms with Gasteiger partial charge in [0.15, 0.2) is 17.1 Å². The van der Waals surface area contributed by atoms with Crippen LogP contribution >= 0.6 is 0 Å². The van der Waals surface area contributed by atoms with Crippen LogP contribution in [0.1, 0.15) is 16.1 Å². The summed E-state index contributed by atoms with van der Waals surface area (Å²) in [4.78, 5) is 12.7. The molecule has 114 valence electrons. The Morgan fingerprint density at radius 3 is 2.62 bits per heavy atom. The van der Waals surface area contributed by atoms with Crippen molar-refractivity contribution < 1.29 is 27.1 Å². The summed E-state index contributed by atoms with van der Waals surface area (Å²) < 4.78 is 47.6. The Morgan fingerprint density at radius 1 is 1.38 bits per heavy atom. The molecule has 1 heterocycles. The average Bonchev–Trinajstić information content (AvgIpc) is 2.73. The van der Waals surface area contributed by atoms with Gasteiger partial charge in [0.25, 0.3) is 5.91 Å². The Morgan fingerprint density at radius 2 is 2.05 bits per heavy atom. The van der Waals surface area contributed by atoms with Crippen LogP contribution in [0.2, 0.25) is 0 Å². The van der Waals surface area contributed by atoms with Gasteiger partial charge in [0.05, 0.1) is 7.11 Å². The molecule has 1 amide bonds. The number of fused-ring (bicyclic) bond motifs is 1. The van der Waals surface area contributed by atoms with E-state index in [-0.39, 0.29) is 5.76 Å². The summed E-state index contributed by atoms with van der Waals surface area (Å²) in [5, 5.41) is 0.637. The third-order valence-corrected chi connectivity index (χ3v) is 3.10. The van der Waals surface area contributed by atoms with Crippen LogP contribution in [0.5, 0.6) is 5.75 Å². The van der Waals surface area contributed by atoms with Crippen LogP contribution in [-0.2, 0) is 0 Å². The summed E-state index contributed by atoms with van der Waals surface area (Å²) in [7, 11) is 2.53. The van der Waals surface area contributed by atoms with Crippen molar-refractivity contribution in [3.63, 3.8) is 0 Å². The molecule has 0 radical (unpaired) electrons. The Kier molecular flexibility index (Phi) is 3.85. The van der Waals surface area contributed by atoms with Gasteiger partial charge in [0, 0.05) is 18.0 Å². The lowest BCUT2D eigenvalue weighted by Crippen LogP contribution is -2.35. The van der Waals surface area contributed by atoms with Gasteiger partial charge < -0.3 is 14.1 Å². The fourth-order valence-electron chi connectivity index (χ4n) is 2.10. The van der Waals surface area contributed by atoms with Crippen molar-refractivity contribution in [3.8, 4) is 5.75 Å². The van der Waals surface area contributed by atoms with Gasteiger partial charge in [-0.2, -0.15) is 13.2 Å². The second-order valence-corrected chi connectivity index (χ2v) is 4.67. The summed E-state index contributed by atoms with van der Waals surface area (Å²) in [6.07, 6.45) is -4.46. The van der Waals surface area contributed by atoms with E-state index in [4.69, 9.17) is 9.15 Å². The zero-order valence-electron chi connectivity index (χ0n) is 11.7. The third-order valence-electron chi connectivity index (χ3n) is 3.10. The number of methoxy groups -OCH3 is 1. The van der Waals surface area contributed by atoms with Gasteiger partial charge in [-0.05, 0) is 13.0 Å². The number of carbonyl (C=O) groups excluding carboxylic acids is 1. The fourth-order valence-corrected chi connectivity index (χ4v) is 2.10. The number of aryl methyl sites for hydroxylation is 1. The molecule has 0 aliphatic heterocycles. The van der Waals surface area contributed by atoms with Crippen molar-refractivity contribution in [1.82, 2.24) is 4.90 Å². The van der Waals surface area contributed by atoms with Gasteiger partial charge in [-0.15, -0.1) is 0 Å². The zero-order valence-corrected chi connectivity index (χ0v) is 11.7. The highest BCUT2D eigenvalue weighted by Gasteiger charge is 2.33. The minimum Gasteiger partial charge on any atom is -0.493 e. The van der Waals surface area contributed by atoms with E-state index >= 15 is 0 Å². The second kappa shape index (κ2) is 5.31. The van der Waals surface area contributed by atoms with Crippen LogP contribution < -0.4 is 4.74 Å². The average molecular weight is 301 g/mol. The molecule has 0 unspecified atom stereocenters. The Bertz CT molecular complexity index is 676. The number of para-hydroxylation sites is 1. The molecule has 0 aliphatic carbocycles. The molecule has 0 aliphatic rings. The number of amides is 1. The van der Waals surface area contributed by atoms with Gasteiger partial charge in [0.2, 0.25) is 0 Å². The van der Waals surface area contributed by atoms with Crippen LogP contribution in [0.25, 0.3) is 11.0 Å². The molecule has 7 heteroatoms. The van der Waals surface area contributed by atoms with E-state index in [0.29, 0.717) is 27.2 Å². The number of benzene rings is 1. The number of hydrogen-bond acceptors (Lipinski definition) is 3. The normalized spacial score (nSPS) is 11.7. The van der Waals surface area contributed by atoms with Crippen LogP contribution in [-0.4, -0.2) is 37.7 Å². The molecule has 2 rings (SSSR count). The lowest BCUT2D eigenvalue weighted by Gasteiger charge is -2.17. The molecule has 21 heavy (non-hydrogen) atoms. The summed E-state index contributed by atoms with van der Waals surface area (Å²) in [6.45, 7) is 0.291. The Balaban J connectivity index is 2.43. The van der Waals surface area contributed by atoms with Crippen molar-refractivity contribution in [2.24, 2.45) is 0 Å². The van der Waals surface area contributed by atoms with Gasteiger partial charge >= 0.3 is 6.18 Å². The zero-order chi connectivity index (χ0) is 15.8. The Labute approximate surface area is 119 Å². The minimum absolute atomic E-state index is 0.110. The number of furan rings is 1. The first kappa shape index (κ1) is 15.2. The number of carbonyl (C=O) groups is 1. The van der Waals surface area contributed by atoms with E-state index in [0.717, 1.165) is 7.05 Å². The largest absolute Gasteiger partial charge is 0.493 e. The van der Waals surface area contributed by atoms with E-state index < -0.39 is 18.6 Å². The maximum Gasteiger partial charge on any atom is 0.406 e. The summed E-state index contributed by atoms with van der Waals surface area (Å²) >= 11 is 0. The molecule has 0 N–H and O–H groups in total. The molecule has 0 spiro atoms. The van der Waals surface area contributed by atoms with Crippen molar-refractivity contribution in [2.75, 3.05) is 20.7 Å². The molecular weight excluding hydrogens is 287 g/mol. The summed E-state index contributed by atoms with van der Waals surface area (Å²) in [5.41, 5.74) is 0.837. The lowest BCUT2D eigenvalue weighted by atomic mass is 10.1. The minimum atomic E-state index is -4.46. The van der Waals surface area contributed by atoms with Crippen LogP contribution in [0, 0.1) is 6.92 Å². The maximum atomic E-state index is 12.4. The van der Waals surface area contributed by atoms with Crippen LogP contribution in [0.3, 0.4) is 0 Å². The van der Waals surface area contributed by atoms with Gasteiger partial charge in [-0.25, -0.2) is 0 Å². The molecule has 1 aromatic carbocycles. The topological polar surface area (TPSA) is 42.7 Å². The second-order valence-electron chi connectivity index (χ2n) is 4.67. The molecule has 0 bridgehead atoms. The molecule has 0 saturated heterocycles. The van der Waals surface area contributed by atoms with E-state index in [9.17, 15) is 18.0 Å². The Hall–Kier alpha value is -2.18. The molecule has 0 atom stereocenters. The first-order chi connectivity index (χ1) is 9.74. The first-order valence-electron chi connectivity index (χ1n) is 6.13. The maximum absolute atomic E-state index is 12.4. The highest BCUT2D eigenvalue weighted by molar-refractivity contribution is 6.00. The van der Waals surface area contributed by atoms with Gasteiger partial charge in [-0.3, -0.25) is 4.79 Å². The number of hydrogen-bond donors (Lipinski definition) is 0. The van der Waals surface area contributed by atoms with Gasteiger partial charge in [0.1, 0.15) is 6.54 Å². The third kappa shape index (κ3) is 2.96. The SMILES string of the molecule is COc1cccc2c(C)c(C(=O)N(C)CC(F)(F)F)oc12. The number of nitrogens with zero attached hydrogens (tertiary/aromatic N) is 1. The predicted octanol–water partition coefficient (Wildman–Crippen LogP) is 3.38. The standard InChI is InChI=1S/C14H14F3NO3/c1-8-9-5-4-6-10(20-3)12(9)21-11(8)13(19)18(2)7-14(15,16)17/h4-6H,7H2,1-3H3. The van der Waals surface area contributed by atoms with Crippen molar-refractivity contribution in [3.05, 3.63) is 29.5 Å². The number of alkyl halides is 3. The van der Waals surface area contributed by atoms with Crippen molar-refractivity contribution >= 4 is 16.9 Å². The monoisotopic (exact) mass is 301 g/mol. The molecule has 4 nitrogen and oxygen atoms in total. The van der Waals surface area contributed by atoms with E-state index in [1.807, 2.05) is 0 Å². The van der Waals surface area contributed by atoms with Crippen molar-refractivity contribution in [1.29, 1.82) is 0 Å². The number of halogens is 3. The molecule has 2 aromatic rings. The lowest BCUT2D eigenvalue weighted by molar-refractivity contribution is -0.138. The van der Waals surface area contributed by atoms with Gasteiger partial charge in [-0.1, -0.05) is 12.1 Å². The predicted molar refractivity (Wildman–Crippen MR) is 70.5 cm³/mol. The highest BCUT2D eigenvalue weighted by Crippen LogP contribution is 2.32. The fraction of sp³-hybridized carbons (Fsp3) is 0.357. The first-order valence-corrected chi connectivity index (χ1v) is 6.13. The van der Waals surface area contributed by atoms with E-state index in [1.54, 1.807) is 25.1 Å².